The first-order valence-corrected chi connectivity index (χ1v) is 8.14. The van der Waals surface area contributed by atoms with Crippen LogP contribution in [0.1, 0.15) is 44.3 Å². The van der Waals surface area contributed by atoms with Crippen LogP contribution in [0.2, 0.25) is 0 Å². The van der Waals surface area contributed by atoms with E-state index in [1.165, 1.54) is 44.0 Å². The van der Waals surface area contributed by atoms with Gasteiger partial charge >= 0.3 is 0 Å². The molecule has 3 rings (SSSR count). The first-order valence-electron chi connectivity index (χ1n) is 8.14. The number of nitrogens with two attached hydrogens (primary N) is 1. The molecule has 1 aromatic heterocycles. The molecule has 4 nitrogen and oxygen atoms in total. The minimum atomic E-state index is 0.323. The van der Waals surface area contributed by atoms with Gasteiger partial charge in [-0.05, 0) is 24.5 Å². The van der Waals surface area contributed by atoms with Crippen molar-refractivity contribution in [1.82, 2.24) is 15.0 Å². The SMILES string of the molecule is Cn1c(CC(CC2CCCCC2)NN)nc2ccccc21. The van der Waals surface area contributed by atoms with Crippen LogP contribution in [-0.2, 0) is 13.5 Å². The molecule has 0 amide bonds. The Morgan fingerprint density at radius 3 is 2.76 bits per heavy atom. The maximum Gasteiger partial charge on any atom is 0.111 e. The molecule has 0 radical (unpaired) electrons. The topological polar surface area (TPSA) is 55.9 Å². The summed E-state index contributed by atoms with van der Waals surface area (Å²) in [6.45, 7) is 0. The Morgan fingerprint density at radius 1 is 1.29 bits per heavy atom. The molecule has 1 atom stereocenters. The Hall–Kier alpha value is -1.39. The molecule has 1 aliphatic rings. The van der Waals surface area contributed by atoms with Gasteiger partial charge in [0.25, 0.3) is 0 Å². The van der Waals surface area contributed by atoms with Crippen molar-refractivity contribution < 1.29 is 0 Å². The van der Waals surface area contributed by atoms with Crippen LogP contribution in [0.3, 0.4) is 0 Å². The molecule has 1 unspecified atom stereocenters. The van der Waals surface area contributed by atoms with Gasteiger partial charge in [0.1, 0.15) is 5.82 Å². The Kier molecular flexibility index (Phi) is 4.56. The van der Waals surface area contributed by atoms with Gasteiger partial charge in [-0.1, -0.05) is 44.2 Å². The standard InChI is InChI=1S/C17H26N4/c1-21-16-10-6-5-9-15(16)19-17(21)12-14(20-18)11-13-7-3-2-4-8-13/h5-6,9-10,13-14,20H,2-4,7-8,11-12,18H2,1H3. The van der Waals surface area contributed by atoms with Crippen LogP contribution in [0.5, 0.6) is 0 Å². The van der Waals surface area contributed by atoms with Crippen LogP contribution in [0.25, 0.3) is 11.0 Å². The molecule has 3 N–H and O–H groups in total. The molecule has 2 aromatic rings. The van der Waals surface area contributed by atoms with Crippen LogP contribution in [0, 0.1) is 5.92 Å². The second-order valence-electron chi connectivity index (χ2n) is 6.38. The van der Waals surface area contributed by atoms with E-state index in [1.807, 2.05) is 6.07 Å². The Bertz CT molecular complexity index is 583. The fraction of sp³-hybridized carbons (Fsp3) is 0.588. The zero-order chi connectivity index (χ0) is 14.7. The van der Waals surface area contributed by atoms with Crippen LogP contribution in [0.4, 0.5) is 0 Å². The van der Waals surface area contributed by atoms with Crippen molar-refractivity contribution in [2.24, 2.45) is 18.8 Å². The van der Waals surface area contributed by atoms with Crippen molar-refractivity contribution in [2.75, 3.05) is 0 Å². The minimum absolute atomic E-state index is 0.323. The number of hydrogen-bond acceptors (Lipinski definition) is 3. The van der Waals surface area contributed by atoms with E-state index in [4.69, 9.17) is 10.8 Å². The molecule has 0 bridgehead atoms. The summed E-state index contributed by atoms with van der Waals surface area (Å²) in [6, 6.07) is 8.63. The van der Waals surface area contributed by atoms with Crippen molar-refractivity contribution in [1.29, 1.82) is 0 Å². The molecule has 114 valence electrons. The third kappa shape index (κ3) is 3.27. The summed E-state index contributed by atoms with van der Waals surface area (Å²) in [6.07, 6.45) is 8.96. The van der Waals surface area contributed by atoms with E-state index in [0.29, 0.717) is 6.04 Å². The second kappa shape index (κ2) is 6.58. The fourth-order valence-corrected chi connectivity index (χ4v) is 3.63. The van der Waals surface area contributed by atoms with Crippen LogP contribution in [0.15, 0.2) is 24.3 Å². The molecule has 1 aliphatic carbocycles. The minimum Gasteiger partial charge on any atom is -0.331 e. The summed E-state index contributed by atoms with van der Waals surface area (Å²) in [4.78, 5) is 4.76. The maximum absolute atomic E-state index is 5.80. The highest BCUT2D eigenvalue weighted by atomic mass is 15.2. The number of nitrogens with zero attached hydrogens (tertiary/aromatic N) is 2. The van der Waals surface area contributed by atoms with E-state index < -0.39 is 0 Å². The number of imidazole rings is 1. The number of nitrogens with one attached hydrogen (secondary N) is 1. The van der Waals surface area contributed by atoms with E-state index in [2.05, 4.69) is 35.2 Å². The molecule has 21 heavy (non-hydrogen) atoms. The number of hydrazine groups is 1. The van der Waals surface area contributed by atoms with Gasteiger partial charge in [0, 0.05) is 19.5 Å². The van der Waals surface area contributed by atoms with Crippen molar-refractivity contribution >= 4 is 11.0 Å². The summed E-state index contributed by atoms with van der Waals surface area (Å²) in [5.74, 6) is 7.74. The normalized spacial score (nSPS) is 18.2. The summed E-state index contributed by atoms with van der Waals surface area (Å²) in [7, 11) is 2.10. The molecular weight excluding hydrogens is 260 g/mol. The number of aromatic nitrogens is 2. The molecule has 1 heterocycles. The average Bonchev–Trinajstić information content (AvgIpc) is 2.84. The molecule has 4 heteroatoms. The molecule has 1 fully saturated rings. The highest BCUT2D eigenvalue weighted by Gasteiger charge is 2.20. The molecule has 1 saturated carbocycles. The molecule has 0 saturated heterocycles. The van der Waals surface area contributed by atoms with Gasteiger partial charge in [-0.2, -0.15) is 0 Å². The van der Waals surface area contributed by atoms with Gasteiger partial charge in [-0.15, -0.1) is 0 Å². The third-order valence-electron chi connectivity index (χ3n) is 4.89. The van der Waals surface area contributed by atoms with Crippen molar-refractivity contribution in [3.05, 3.63) is 30.1 Å². The highest BCUT2D eigenvalue weighted by molar-refractivity contribution is 5.75. The van der Waals surface area contributed by atoms with Crippen LogP contribution in [-0.4, -0.2) is 15.6 Å². The maximum atomic E-state index is 5.80. The zero-order valence-electron chi connectivity index (χ0n) is 12.9. The summed E-state index contributed by atoms with van der Waals surface area (Å²) < 4.78 is 2.19. The van der Waals surface area contributed by atoms with Crippen LogP contribution < -0.4 is 11.3 Å². The van der Waals surface area contributed by atoms with Crippen molar-refractivity contribution in [2.45, 2.75) is 51.0 Å². The fourth-order valence-electron chi connectivity index (χ4n) is 3.63. The number of hydrogen-bond donors (Lipinski definition) is 2. The van der Waals surface area contributed by atoms with E-state index in [-0.39, 0.29) is 0 Å². The predicted octanol–water partition coefficient (Wildman–Crippen LogP) is 2.92. The molecular formula is C17H26N4. The number of fused-ring (bicyclic) bond motifs is 1. The number of benzene rings is 1. The lowest BCUT2D eigenvalue weighted by atomic mass is 9.84. The largest absolute Gasteiger partial charge is 0.331 e. The van der Waals surface area contributed by atoms with Crippen LogP contribution >= 0.6 is 0 Å². The Balaban J connectivity index is 1.71. The van der Waals surface area contributed by atoms with Gasteiger partial charge in [0.15, 0.2) is 0 Å². The molecule has 0 aliphatic heterocycles. The first-order chi connectivity index (χ1) is 10.3. The van der Waals surface area contributed by atoms with Gasteiger partial charge in [0.05, 0.1) is 11.0 Å². The lowest BCUT2D eigenvalue weighted by Crippen LogP contribution is -2.39. The monoisotopic (exact) mass is 286 g/mol. The van der Waals surface area contributed by atoms with Crippen molar-refractivity contribution in [3.8, 4) is 0 Å². The predicted molar refractivity (Wildman–Crippen MR) is 86.7 cm³/mol. The second-order valence-corrected chi connectivity index (χ2v) is 6.38. The Morgan fingerprint density at radius 2 is 2.05 bits per heavy atom. The molecule has 0 spiro atoms. The van der Waals surface area contributed by atoms with Gasteiger partial charge < -0.3 is 4.57 Å². The van der Waals surface area contributed by atoms with Crippen molar-refractivity contribution in [3.63, 3.8) is 0 Å². The van der Waals surface area contributed by atoms with E-state index >= 15 is 0 Å². The quantitative estimate of drug-likeness (QED) is 0.656. The summed E-state index contributed by atoms with van der Waals surface area (Å²) in [5.41, 5.74) is 5.28. The lowest BCUT2D eigenvalue weighted by Gasteiger charge is -2.26. The van der Waals surface area contributed by atoms with E-state index in [0.717, 1.165) is 23.7 Å². The van der Waals surface area contributed by atoms with E-state index in [9.17, 15) is 0 Å². The number of rotatable bonds is 5. The number of aryl methyl sites for hydroxylation is 1. The first kappa shape index (κ1) is 14.5. The Labute approximate surface area is 126 Å². The zero-order valence-corrected chi connectivity index (χ0v) is 12.9. The van der Waals surface area contributed by atoms with E-state index in [1.54, 1.807) is 0 Å². The summed E-state index contributed by atoms with van der Waals surface area (Å²) in [5, 5.41) is 0. The van der Waals surface area contributed by atoms with Gasteiger partial charge in [0.2, 0.25) is 0 Å². The highest BCUT2D eigenvalue weighted by Crippen LogP contribution is 2.28. The smallest absolute Gasteiger partial charge is 0.111 e. The van der Waals surface area contributed by atoms with Gasteiger partial charge in [-0.3, -0.25) is 11.3 Å². The molecule has 1 aromatic carbocycles. The lowest BCUT2D eigenvalue weighted by molar-refractivity contribution is 0.296. The third-order valence-corrected chi connectivity index (χ3v) is 4.89. The summed E-state index contributed by atoms with van der Waals surface area (Å²) >= 11 is 0. The number of para-hydroxylation sites is 2. The van der Waals surface area contributed by atoms with Gasteiger partial charge in [-0.25, -0.2) is 4.98 Å². The average molecular weight is 286 g/mol.